The van der Waals surface area contributed by atoms with Gasteiger partial charge in [-0.2, -0.15) is 0 Å². The Kier molecular flexibility index (Phi) is 14.1. The molecule has 0 aromatic heterocycles. The lowest BCUT2D eigenvalue weighted by molar-refractivity contribution is -0.114. The monoisotopic (exact) mass is 663 g/mol. The Morgan fingerprint density at radius 1 is 0.896 bits per heavy atom. The van der Waals surface area contributed by atoms with Crippen LogP contribution in [0.3, 0.4) is 0 Å². The highest BCUT2D eigenvalue weighted by atomic mass is 35.5. The van der Waals surface area contributed by atoms with Crippen LogP contribution in [0.15, 0.2) is 100 Å². The number of nitrogens with zero attached hydrogens (tertiary/aromatic N) is 3. The lowest BCUT2D eigenvalue weighted by atomic mass is 9.84. The first-order valence-electron chi connectivity index (χ1n) is 16.7. The van der Waals surface area contributed by atoms with Crippen LogP contribution in [0.4, 0.5) is 0 Å². The van der Waals surface area contributed by atoms with E-state index in [9.17, 15) is 9.59 Å². The van der Waals surface area contributed by atoms with Gasteiger partial charge in [-0.05, 0) is 90.3 Å². The van der Waals surface area contributed by atoms with Crippen LogP contribution in [0.1, 0.15) is 80.1 Å². The summed E-state index contributed by atoms with van der Waals surface area (Å²) in [6.45, 7) is 12.0. The number of ketones is 1. The Labute approximate surface area is 292 Å². The number of carbonyl (C=O) groups excluding carboxylic acids is 2. The first kappa shape index (κ1) is 38.1. The summed E-state index contributed by atoms with van der Waals surface area (Å²) in [5.41, 5.74) is 11.9. The van der Waals surface area contributed by atoms with Crippen molar-refractivity contribution in [1.29, 1.82) is 0 Å². The summed E-state index contributed by atoms with van der Waals surface area (Å²) < 4.78 is 0. The van der Waals surface area contributed by atoms with E-state index in [0.29, 0.717) is 5.56 Å². The van der Waals surface area contributed by atoms with Crippen molar-refractivity contribution in [3.8, 4) is 11.1 Å². The van der Waals surface area contributed by atoms with Gasteiger partial charge in [0.15, 0.2) is 5.78 Å². The highest BCUT2D eigenvalue weighted by molar-refractivity contribution is 6.34. The average molecular weight is 664 g/mol. The molecule has 4 rings (SSSR count). The Hall–Kier alpha value is -4.35. The molecular weight excluding hydrogens is 614 g/mol. The Morgan fingerprint density at radius 2 is 1.60 bits per heavy atom. The van der Waals surface area contributed by atoms with Crippen molar-refractivity contribution in [1.82, 2.24) is 4.90 Å². The van der Waals surface area contributed by atoms with Gasteiger partial charge in [-0.3, -0.25) is 19.6 Å². The molecule has 0 saturated heterocycles. The maximum Gasteiger partial charge on any atom is 0.253 e. The highest BCUT2D eigenvalue weighted by Crippen LogP contribution is 2.36. The molecule has 252 valence electrons. The molecule has 0 atom stereocenters. The summed E-state index contributed by atoms with van der Waals surface area (Å²) in [4.78, 5) is 35.5. The van der Waals surface area contributed by atoms with Gasteiger partial charge in [-0.15, -0.1) is 0 Å². The molecule has 0 fully saturated rings. The maximum absolute atomic E-state index is 12.8. The predicted octanol–water partition coefficient (Wildman–Crippen LogP) is 10.1. The molecule has 48 heavy (non-hydrogen) atoms. The highest BCUT2D eigenvalue weighted by Gasteiger charge is 2.22. The molecule has 5 nitrogen and oxygen atoms in total. The Bertz CT molecular complexity index is 1780. The van der Waals surface area contributed by atoms with Gasteiger partial charge in [-0.25, -0.2) is 0 Å². The first-order valence-corrected chi connectivity index (χ1v) is 17.0. The molecule has 1 aliphatic carbocycles. The van der Waals surface area contributed by atoms with Crippen molar-refractivity contribution in [3.05, 3.63) is 123 Å². The molecule has 1 amide bonds. The second-order valence-corrected chi connectivity index (χ2v) is 12.8. The summed E-state index contributed by atoms with van der Waals surface area (Å²) in [6.07, 6.45) is 9.07. The molecule has 6 heteroatoms. The van der Waals surface area contributed by atoms with Crippen molar-refractivity contribution < 1.29 is 9.59 Å². The number of amides is 1. The minimum absolute atomic E-state index is 0.0287. The lowest BCUT2D eigenvalue weighted by Crippen LogP contribution is -2.21. The number of halogens is 1. The van der Waals surface area contributed by atoms with Gasteiger partial charge in [0.05, 0.1) is 5.71 Å². The first-order chi connectivity index (χ1) is 22.9. The third kappa shape index (κ3) is 8.96. The van der Waals surface area contributed by atoms with Crippen LogP contribution in [-0.4, -0.2) is 56.2 Å². The molecule has 0 radical (unpaired) electrons. The van der Waals surface area contributed by atoms with E-state index in [2.05, 4.69) is 55.0 Å². The van der Waals surface area contributed by atoms with Gasteiger partial charge in [0.25, 0.3) is 5.91 Å². The van der Waals surface area contributed by atoms with E-state index in [-0.39, 0.29) is 17.6 Å². The van der Waals surface area contributed by atoms with Crippen LogP contribution >= 0.6 is 11.6 Å². The zero-order valence-electron chi connectivity index (χ0n) is 30.2. The summed E-state index contributed by atoms with van der Waals surface area (Å²) >= 11 is 6.16. The molecule has 0 aliphatic heterocycles. The number of aryl methyl sites for hydroxylation is 2. The number of hydrogen-bond donors (Lipinski definition) is 0. The van der Waals surface area contributed by atoms with Crippen LogP contribution in [0.2, 0.25) is 5.02 Å². The smallest absolute Gasteiger partial charge is 0.253 e. The lowest BCUT2D eigenvalue weighted by Gasteiger charge is -2.21. The molecule has 3 aromatic carbocycles. The molecule has 0 bridgehead atoms. The van der Waals surface area contributed by atoms with Crippen molar-refractivity contribution >= 4 is 40.3 Å². The van der Waals surface area contributed by atoms with Gasteiger partial charge in [0, 0.05) is 61.2 Å². The molecule has 0 unspecified atom stereocenters. The van der Waals surface area contributed by atoms with E-state index in [1.807, 2.05) is 75.5 Å². The summed E-state index contributed by atoms with van der Waals surface area (Å²) in [6, 6.07) is 20.2. The third-order valence-electron chi connectivity index (χ3n) is 8.42. The van der Waals surface area contributed by atoms with Crippen molar-refractivity contribution in [2.45, 2.75) is 60.8 Å². The topological polar surface area (TPSA) is 62.1 Å². The molecule has 0 spiro atoms. The van der Waals surface area contributed by atoms with Crippen molar-refractivity contribution in [3.63, 3.8) is 0 Å². The Balaban J connectivity index is 0.000000373. The van der Waals surface area contributed by atoms with E-state index in [1.54, 1.807) is 33.0 Å². The van der Waals surface area contributed by atoms with Crippen LogP contribution in [0, 0.1) is 12.8 Å². The maximum atomic E-state index is 12.8. The minimum atomic E-state index is -0.0287. The van der Waals surface area contributed by atoms with Crippen LogP contribution in [0.25, 0.3) is 16.7 Å². The molecule has 0 saturated carbocycles. The van der Waals surface area contributed by atoms with E-state index in [0.717, 1.165) is 74.7 Å². The van der Waals surface area contributed by atoms with Gasteiger partial charge < -0.3 is 4.90 Å². The predicted molar refractivity (Wildman–Crippen MR) is 206 cm³/mol. The molecule has 1 aliphatic rings. The third-order valence-corrected chi connectivity index (χ3v) is 8.74. The number of aliphatic imine (C=N–C) groups is 2. The van der Waals surface area contributed by atoms with Crippen molar-refractivity contribution in [2.24, 2.45) is 15.9 Å². The average Bonchev–Trinajstić information content (AvgIpc) is 3.07. The van der Waals surface area contributed by atoms with Crippen LogP contribution in [0.5, 0.6) is 0 Å². The fourth-order valence-electron chi connectivity index (χ4n) is 6.10. The number of Topliss-reactive ketones (excluding diaryl/α,β-unsaturated/α-hetero) is 1. The summed E-state index contributed by atoms with van der Waals surface area (Å²) in [5, 5.41) is 0.805. The van der Waals surface area contributed by atoms with Crippen LogP contribution in [-0.2, 0) is 11.2 Å². The quantitative estimate of drug-likeness (QED) is 0.169. The minimum Gasteiger partial charge on any atom is -0.345 e. The van der Waals surface area contributed by atoms with Gasteiger partial charge in [-0.1, -0.05) is 100 Å². The standard InChI is InChI=1S/C30H34N2O2.C12H16ClN/c1-8-21-11-9-10-12-24(21)27-17-23(30(34)32(6)7)14-15-25(27)22-13-16-26(28(18-22)31-5)29(19(2)3)20(4)33;1-4-6-11(14-3)12-9(2)7-5-8-10(12)13/h9-19H,8H2,1-7H3;5,7-8H,4,6H2,1-3H3/b29-26+,31-28?;. The summed E-state index contributed by atoms with van der Waals surface area (Å²) in [5.74, 6) is 0.142. The number of rotatable bonds is 9. The second-order valence-electron chi connectivity index (χ2n) is 12.4. The van der Waals surface area contributed by atoms with Gasteiger partial charge in [0.2, 0.25) is 0 Å². The number of hydrogen-bond acceptors (Lipinski definition) is 4. The molecule has 0 heterocycles. The van der Waals surface area contributed by atoms with Gasteiger partial charge in [0.1, 0.15) is 0 Å². The van der Waals surface area contributed by atoms with Crippen molar-refractivity contribution in [2.75, 3.05) is 28.2 Å². The fraction of sp³-hybridized carbons (Fsp3) is 0.333. The van der Waals surface area contributed by atoms with E-state index in [1.165, 1.54) is 11.1 Å². The second kappa shape index (κ2) is 17.7. The zero-order valence-corrected chi connectivity index (χ0v) is 31.0. The number of benzene rings is 3. The summed E-state index contributed by atoms with van der Waals surface area (Å²) in [7, 11) is 7.11. The number of carbonyl (C=O) groups is 2. The fourth-order valence-corrected chi connectivity index (χ4v) is 6.43. The van der Waals surface area contributed by atoms with E-state index in [4.69, 9.17) is 11.6 Å². The zero-order chi connectivity index (χ0) is 35.5. The molecule has 0 N–H and O–H groups in total. The van der Waals surface area contributed by atoms with E-state index < -0.39 is 0 Å². The largest absolute Gasteiger partial charge is 0.345 e. The SMILES string of the molecule is CCCC(=NC)c1c(C)cccc1Cl.CCc1ccccc1-c1cc(C(=O)N(C)C)ccc1C1=CC(=NC)/C(=C(/C(C)=O)C(C)C)C=C1. The van der Waals surface area contributed by atoms with Gasteiger partial charge >= 0.3 is 0 Å². The van der Waals surface area contributed by atoms with Crippen LogP contribution < -0.4 is 0 Å². The van der Waals surface area contributed by atoms with E-state index >= 15 is 0 Å². The number of allylic oxidation sites excluding steroid dienone is 6. The molecule has 3 aromatic rings. The Morgan fingerprint density at radius 3 is 2.17 bits per heavy atom. The molecular formula is C42H50ClN3O2. The normalized spacial score (nSPS) is 14.8.